The third-order valence-corrected chi connectivity index (χ3v) is 7.06. The van der Waals surface area contributed by atoms with Gasteiger partial charge < -0.3 is 4.90 Å². The Balaban J connectivity index is 1.61. The van der Waals surface area contributed by atoms with Gasteiger partial charge in [-0.25, -0.2) is 0 Å². The van der Waals surface area contributed by atoms with Crippen molar-refractivity contribution >= 4 is 68.9 Å². The number of amides is 3. The number of nitrogens with zero attached hydrogens (tertiary/aromatic N) is 2. The van der Waals surface area contributed by atoms with Crippen LogP contribution in [-0.4, -0.2) is 33.6 Å². The molecule has 1 fully saturated rings. The van der Waals surface area contributed by atoms with Crippen molar-refractivity contribution in [1.29, 1.82) is 0 Å². The maximum absolute atomic E-state index is 13.4. The lowest BCUT2D eigenvalue weighted by Gasteiger charge is -2.17. The predicted octanol–water partition coefficient (Wildman–Crippen LogP) is 5.18. The fourth-order valence-electron chi connectivity index (χ4n) is 3.83. The molecule has 9 heteroatoms. The molecule has 0 spiro atoms. The molecular weight excluding hydrogens is 478 g/mol. The molecule has 1 saturated heterocycles. The molecule has 2 heterocycles. The van der Waals surface area contributed by atoms with Crippen LogP contribution in [0.2, 0.25) is 5.02 Å². The number of halogens is 1. The number of nitrogens with one attached hydrogen (secondary N) is 1. The number of anilines is 1. The zero-order valence-corrected chi connectivity index (χ0v) is 20.4. The average molecular weight is 500 g/mol. The highest BCUT2D eigenvalue weighted by molar-refractivity contribution is 8.26. The van der Waals surface area contributed by atoms with E-state index in [1.807, 2.05) is 24.3 Å². The fraction of sp³-hybridized carbons (Fsp3) is 0.250. The summed E-state index contributed by atoms with van der Waals surface area (Å²) in [4.78, 5) is 41.2. The number of thioether (sulfide) groups is 1. The van der Waals surface area contributed by atoms with Gasteiger partial charge in [-0.2, -0.15) is 5.01 Å². The molecular formula is C24H22ClN3O3S2. The number of unbranched alkanes of at least 4 members (excludes halogenated alkanes) is 3. The van der Waals surface area contributed by atoms with Crippen LogP contribution in [0.3, 0.4) is 0 Å². The highest BCUT2D eigenvalue weighted by Gasteiger charge is 2.42. The number of benzene rings is 2. The second-order valence-corrected chi connectivity index (χ2v) is 9.78. The molecule has 170 valence electrons. The van der Waals surface area contributed by atoms with Gasteiger partial charge >= 0.3 is 0 Å². The van der Waals surface area contributed by atoms with Crippen LogP contribution in [0.4, 0.5) is 5.69 Å². The van der Waals surface area contributed by atoms with Crippen molar-refractivity contribution in [2.75, 3.05) is 11.4 Å². The molecule has 4 rings (SSSR count). The van der Waals surface area contributed by atoms with E-state index in [2.05, 4.69) is 12.3 Å². The third-order valence-electron chi connectivity index (χ3n) is 5.45. The van der Waals surface area contributed by atoms with Gasteiger partial charge in [-0.3, -0.25) is 19.8 Å². The van der Waals surface area contributed by atoms with Crippen LogP contribution in [-0.2, 0) is 9.59 Å². The molecule has 0 radical (unpaired) electrons. The van der Waals surface area contributed by atoms with Crippen molar-refractivity contribution in [3.63, 3.8) is 0 Å². The van der Waals surface area contributed by atoms with Crippen molar-refractivity contribution in [3.8, 4) is 0 Å². The Labute approximate surface area is 206 Å². The molecule has 33 heavy (non-hydrogen) atoms. The molecule has 0 atom stereocenters. The standard InChI is InChI=1S/C24H22ClN3O3S2/c1-2-3-4-7-13-27-18-12-6-5-11-17(18)19(22(27)30)20-23(31)28(24(32)33-20)26-21(29)15-9-8-10-16(25)14-15/h5-6,8-12,14H,2-4,7,13H2,1H3,(H,26,29)/b20-19-. The molecule has 0 aromatic heterocycles. The van der Waals surface area contributed by atoms with Gasteiger partial charge in [0.25, 0.3) is 17.7 Å². The van der Waals surface area contributed by atoms with Crippen LogP contribution in [0.25, 0.3) is 5.57 Å². The summed E-state index contributed by atoms with van der Waals surface area (Å²) < 4.78 is 0.157. The lowest BCUT2D eigenvalue weighted by molar-refractivity contribution is -0.124. The lowest BCUT2D eigenvalue weighted by atomic mass is 10.1. The van der Waals surface area contributed by atoms with Crippen LogP contribution >= 0.6 is 35.6 Å². The lowest BCUT2D eigenvalue weighted by Crippen LogP contribution is -2.45. The number of rotatable bonds is 7. The normalized spacial score (nSPS) is 17.7. The van der Waals surface area contributed by atoms with Crippen molar-refractivity contribution in [2.45, 2.75) is 32.6 Å². The number of hydrogen-bond donors (Lipinski definition) is 1. The zero-order chi connectivity index (χ0) is 23.5. The Bertz CT molecular complexity index is 1180. The van der Waals surface area contributed by atoms with E-state index in [0.717, 1.165) is 48.1 Å². The summed E-state index contributed by atoms with van der Waals surface area (Å²) in [5.41, 5.74) is 4.67. The van der Waals surface area contributed by atoms with Gasteiger partial charge in [-0.05, 0) is 42.9 Å². The molecule has 2 aliphatic rings. The number of hydrogen-bond acceptors (Lipinski definition) is 5. The first-order valence-electron chi connectivity index (χ1n) is 10.7. The number of carbonyl (C=O) groups excluding carboxylic acids is 3. The first kappa shape index (κ1) is 23.5. The van der Waals surface area contributed by atoms with Crippen LogP contribution in [0, 0.1) is 0 Å². The van der Waals surface area contributed by atoms with Gasteiger partial charge in [-0.15, -0.1) is 0 Å². The molecule has 1 N–H and O–H groups in total. The minimum Gasteiger partial charge on any atom is -0.308 e. The van der Waals surface area contributed by atoms with E-state index in [1.54, 1.807) is 23.1 Å². The number of carbonyl (C=O) groups is 3. The van der Waals surface area contributed by atoms with Crippen LogP contribution in [0.1, 0.15) is 48.5 Å². The molecule has 3 amide bonds. The van der Waals surface area contributed by atoms with Crippen molar-refractivity contribution < 1.29 is 14.4 Å². The first-order valence-corrected chi connectivity index (χ1v) is 12.3. The first-order chi connectivity index (χ1) is 15.9. The van der Waals surface area contributed by atoms with E-state index in [4.69, 9.17) is 23.8 Å². The average Bonchev–Trinajstić information content (AvgIpc) is 3.24. The van der Waals surface area contributed by atoms with Crippen LogP contribution < -0.4 is 10.3 Å². The zero-order valence-electron chi connectivity index (χ0n) is 18.0. The van der Waals surface area contributed by atoms with Crippen LogP contribution in [0.15, 0.2) is 53.4 Å². The number of fused-ring (bicyclic) bond motifs is 1. The maximum Gasteiger partial charge on any atom is 0.286 e. The topological polar surface area (TPSA) is 69.7 Å². The van der Waals surface area contributed by atoms with Crippen molar-refractivity contribution in [2.24, 2.45) is 0 Å². The Hall–Kier alpha value is -2.68. The van der Waals surface area contributed by atoms with E-state index in [9.17, 15) is 14.4 Å². The number of thiocarbonyl (C=S) groups is 1. The Morgan fingerprint density at radius 1 is 1.06 bits per heavy atom. The van der Waals surface area contributed by atoms with Crippen molar-refractivity contribution in [1.82, 2.24) is 10.4 Å². The predicted molar refractivity (Wildman–Crippen MR) is 136 cm³/mol. The van der Waals surface area contributed by atoms with E-state index < -0.39 is 11.8 Å². The van der Waals surface area contributed by atoms with E-state index in [-0.39, 0.29) is 15.1 Å². The Morgan fingerprint density at radius 3 is 2.61 bits per heavy atom. The van der Waals surface area contributed by atoms with Gasteiger partial charge in [0.2, 0.25) is 0 Å². The number of hydrazine groups is 1. The summed E-state index contributed by atoms with van der Waals surface area (Å²) in [6.45, 7) is 2.73. The molecule has 0 saturated carbocycles. The van der Waals surface area contributed by atoms with E-state index in [1.165, 1.54) is 6.07 Å². The van der Waals surface area contributed by atoms with Crippen molar-refractivity contribution in [3.05, 3.63) is 69.6 Å². The van der Waals surface area contributed by atoms with Gasteiger partial charge in [0, 0.05) is 22.7 Å². The van der Waals surface area contributed by atoms with Gasteiger partial charge in [0.15, 0.2) is 4.32 Å². The minimum atomic E-state index is -0.522. The molecule has 2 aromatic carbocycles. The molecule has 2 aliphatic heterocycles. The monoisotopic (exact) mass is 499 g/mol. The smallest absolute Gasteiger partial charge is 0.286 e. The summed E-state index contributed by atoms with van der Waals surface area (Å²) in [6.07, 6.45) is 4.15. The summed E-state index contributed by atoms with van der Waals surface area (Å²) in [5.74, 6) is -1.25. The van der Waals surface area contributed by atoms with Gasteiger partial charge in [0.05, 0.1) is 16.2 Å². The second-order valence-electron chi connectivity index (χ2n) is 7.70. The molecule has 0 bridgehead atoms. The van der Waals surface area contributed by atoms with Gasteiger partial charge in [0.1, 0.15) is 0 Å². The fourth-order valence-corrected chi connectivity index (χ4v) is 5.27. The van der Waals surface area contributed by atoms with Gasteiger partial charge in [-0.1, -0.05) is 73.8 Å². The van der Waals surface area contributed by atoms with E-state index in [0.29, 0.717) is 28.3 Å². The second kappa shape index (κ2) is 10.1. The Morgan fingerprint density at radius 2 is 1.85 bits per heavy atom. The molecule has 2 aromatic rings. The molecule has 0 aliphatic carbocycles. The molecule has 6 nitrogen and oxygen atoms in total. The molecule has 0 unspecified atom stereocenters. The largest absolute Gasteiger partial charge is 0.308 e. The quantitative estimate of drug-likeness (QED) is 0.323. The third kappa shape index (κ3) is 4.69. The summed E-state index contributed by atoms with van der Waals surface area (Å²) in [6, 6.07) is 13.8. The number of para-hydroxylation sites is 1. The Kier molecular flexibility index (Phi) is 7.17. The SMILES string of the molecule is CCCCCCN1C(=O)/C(=C2\SC(=S)N(NC(=O)c3cccc(Cl)c3)C2=O)c2ccccc21. The maximum atomic E-state index is 13.4. The minimum absolute atomic E-state index is 0.157. The summed E-state index contributed by atoms with van der Waals surface area (Å²) >= 11 is 12.3. The highest BCUT2D eigenvalue weighted by atomic mass is 35.5. The summed E-state index contributed by atoms with van der Waals surface area (Å²) in [5, 5.41) is 1.42. The highest BCUT2D eigenvalue weighted by Crippen LogP contribution is 2.44. The van der Waals surface area contributed by atoms with Crippen LogP contribution in [0.5, 0.6) is 0 Å². The summed E-state index contributed by atoms with van der Waals surface area (Å²) in [7, 11) is 0. The van der Waals surface area contributed by atoms with E-state index >= 15 is 0 Å².